The number of benzene rings is 1. The van der Waals surface area contributed by atoms with E-state index in [-0.39, 0.29) is 0 Å². The summed E-state index contributed by atoms with van der Waals surface area (Å²) in [5.41, 5.74) is 2.73. The predicted molar refractivity (Wildman–Crippen MR) is 83.4 cm³/mol. The van der Waals surface area contributed by atoms with Gasteiger partial charge in [-0.3, -0.25) is 0 Å². The van der Waals surface area contributed by atoms with Crippen LogP contribution in [0.3, 0.4) is 0 Å². The van der Waals surface area contributed by atoms with E-state index in [0.717, 1.165) is 19.0 Å². The van der Waals surface area contributed by atoms with Gasteiger partial charge in [-0.25, -0.2) is 0 Å². The molecule has 1 N–H and O–H groups in total. The molecule has 104 valence electrons. The van der Waals surface area contributed by atoms with Crippen molar-refractivity contribution in [3.63, 3.8) is 0 Å². The van der Waals surface area contributed by atoms with Crippen molar-refractivity contribution < 1.29 is 0 Å². The SMILES string of the molecule is CC(C)CCn1ccc2ccc(CNC(C)C)cc21. The molecule has 0 aliphatic rings. The molecule has 2 nitrogen and oxygen atoms in total. The number of rotatable bonds is 6. The molecule has 0 bridgehead atoms. The highest BCUT2D eigenvalue weighted by Crippen LogP contribution is 2.19. The maximum Gasteiger partial charge on any atom is 0.0483 e. The van der Waals surface area contributed by atoms with Crippen LogP contribution in [0.15, 0.2) is 30.5 Å². The van der Waals surface area contributed by atoms with Crippen molar-refractivity contribution >= 4 is 10.9 Å². The van der Waals surface area contributed by atoms with Crippen LogP contribution < -0.4 is 5.32 Å². The van der Waals surface area contributed by atoms with Gasteiger partial charge >= 0.3 is 0 Å². The molecule has 0 aliphatic carbocycles. The highest BCUT2D eigenvalue weighted by atomic mass is 14.9. The first-order chi connectivity index (χ1) is 9.06. The van der Waals surface area contributed by atoms with Gasteiger partial charge in [0.05, 0.1) is 0 Å². The van der Waals surface area contributed by atoms with Gasteiger partial charge in [0.15, 0.2) is 0 Å². The Morgan fingerprint density at radius 2 is 1.89 bits per heavy atom. The number of aromatic nitrogens is 1. The van der Waals surface area contributed by atoms with Gasteiger partial charge < -0.3 is 9.88 Å². The molecule has 2 heteroatoms. The molecule has 2 rings (SSSR count). The summed E-state index contributed by atoms with van der Waals surface area (Å²) in [6.07, 6.45) is 3.45. The first-order valence-electron chi connectivity index (χ1n) is 7.37. The van der Waals surface area contributed by atoms with Crippen molar-refractivity contribution in [2.75, 3.05) is 0 Å². The van der Waals surface area contributed by atoms with E-state index in [4.69, 9.17) is 0 Å². The lowest BCUT2D eigenvalue weighted by atomic mass is 10.1. The Bertz CT molecular complexity index is 523. The Balaban J connectivity index is 2.17. The number of nitrogens with zero attached hydrogens (tertiary/aromatic N) is 1. The summed E-state index contributed by atoms with van der Waals surface area (Å²) in [6, 6.07) is 9.53. The van der Waals surface area contributed by atoms with E-state index in [9.17, 15) is 0 Å². The zero-order chi connectivity index (χ0) is 13.8. The van der Waals surface area contributed by atoms with Gasteiger partial charge in [-0.2, -0.15) is 0 Å². The number of fused-ring (bicyclic) bond motifs is 1. The van der Waals surface area contributed by atoms with Crippen LogP contribution in [-0.4, -0.2) is 10.6 Å². The minimum absolute atomic E-state index is 0.531. The molecule has 1 heterocycles. The minimum Gasteiger partial charge on any atom is -0.347 e. The molecule has 0 atom stereocenters. The zero-order valence-electron chi connectivity index (χ0n) is 12.6. The van der Waals surface area contributed by atoms with Crippen LogP contribution in [0.2, 0.25) is 0 Å². The first-order valence-corrected chi connectivity index (χ1v) is 7.37. The maximum atomic E-state index is 3.48. The topological polar surface area (TPSA) is 17.0 Å². The largest absolute Gasteiger partial charge is 0.347 e. The highest BCUT2D eigenvalue weighted by molar-refractivity contribution is 5.80. The summed E-state index contributed by atoms with van der Waals surface area (Å²) >= 11 is 0. The van der Waals surface area contributed by atoms with E-state index in [2.05, 4.69) is 68.0 Å². The summed E-state index contributed by atoms with van der Waals surface area (Å²) in [7, 11) is 0. The van der Waals surface area contributed by atoms with Crippen molar-refractivity contribution in [2.24, 2.45) is 5.92 Å². The Kier molecular flexibility index (Phi) is 4.65. The van der Waals surface area contributed by atoms with E-state index >= 15 is 0 Å². The van der Waals surface area contributed by atoms with E-state index in [1.807, 2.05) is 0 Å². The van der Waals surface area contributed by atoms with E-state index in [0.29, 0.717) is 6.04 Å². The van der Waals surface area contributed by atoms with Gasteiger partial charge in [-0.05, 0) is 35.4 Å². The molecule has 0 unspecified atom stereocenters. The van der Waals surface area contributed by atoms with Crippen LogP contribution in [0, 0.1) is 5.92 Å². The fourth-order valence-electron chi connectivity index (χ4n) is 2.25. The van der Waals surface area contributed by atoms with Crippen molar-refractivity contribution in [1.82, 2.24) is 9.88 Å². The first kappa shape index (κ1) is 14.1. The van der Waals surface area contributed by atoms with Gasteiger partial charge in [0.1, 0.15) is 0 Å². The number of aryl methyl sites for hydroxylation is 1. The van der Waals surface area contributed by atoms with Gasteiger partial charge in [0.2, 0.25) is 0 Å². The summed E-state index contributed by atoms with van der Waals surface area (Å²) in [5.74, 6) is 0.753. The molecule has 19 heavy (non-hydrogen) atoms. The van der Waals surface area contributed by atoms with Gasteiger partial charge in [0.25, 0.3) is 0 Å². The quantitative estimate of drug-likeness (QED) is 0.822. The highest BCUT2D eigenvalue weighted by Gasteiger charge is 2.04. The normalized spacial score (nSPS) is 11.9. The molecule has 0 saturated heterocycles. The van der Waals surface area contributed by atoms with Gasteiger partial charge in [-0.15, -0.1) is 0 Å². The second kappa shape index (κ2) is 6.25. The molecular formula is C17H26N2. The Hall–Kier alpha value is -1.28. The summed E-state index contributed by atoms with van der Waals surface area (Å²) in [6.45, 7) is 11.0. The third-order valence-corrected chi connectivity index (χ3v) is 3.50. The lowest BCUT2D eigenvalue weighted by Gasteiger charge is -2.10. The van der Waals surface area contributed by atoms with E-state index < -0.39 is 0 Å². The summed E-state index contributed by atoms with van der Waals surface area (Å²) < 4.78 is 2.38. The van der Waals surface area contributed by atoms with Crippen molar-refractivity contribution in [1.29, 1.82) is 0 Å². The molecule has 0 fully saturated rings. The number of nitrogens with one attached hydrogen (secondary N) is 1. The van der Waals surface area contributed by atoms with Gasteiger partial charge in [0, 0.05) is 30.8 Å². The molecule has 0 amide bonds. The van der Waals surface area contributed by atoms with Crippen molar-refractivity contribution in [2.45, 2.75) is 53.2 Å². The van der Waals surface area contributed by atoms with Crippen LogP contribution >= 0.6 is 0 Å². The van der Waals surface area contributed by atoms with Crippen LogP contribution in [0.5, 0.6) is 0 Å². The molecule has 0 radical (unpaired) electrons. The Morgan fingerprint density at radius 3 is 2.58 bits per heavy atom. The van der Waals surface area contributed by atoms with Gasteiger partial charge in [-0.1, -0.05) is 39.8 Å². The third-order valence-electron chi connectivity index (χ3n) is 3.50. The summed E-state index contributed by atoms with van der Waals surface area (Å²) in [5, 5.41) is 4.82. The lowest BCUT2D eigenvalue weighted by Crippen LogP contribution is -2.21. The second-order valence-corrected chi connectivity index (χ2v) is 6.12. The zero-order valence-corrected chi connectivity index (χ0v) is 12.6. The van der Waals surface area contributed by atoms with Crippen LogP contribution in [-0.2, 0) is 13.1 Å². The second-order valence-electron chi connectivity index (χ2n) is 6.12. The fraction of sp³-hybridized carbons (Fsp3) is 0.529. The predicted octanol–water partition coefficient (Wildman–Crippen LogP) is 4.19. The molecule has 0 saturated carbocycles. The molecule has 1 aromatic carbocycles. The lowest BCUT2D eigenvalue weighted by molar-refractivity contribution is 0.524. The van der Waals surface area contributed by atoms with Crippen molar-refractivity contribution in [3.8, 4) is 0 Å². The van der Waals surface area contributed by atoms with E-state index in [1.54, 1.807) is 0 Å². The maximum absolute atomic E-state index is 3.48. The van der Waals surface area contributed by atoms with E-state index in [1.165, 1.54) is 22.9 Å². The standard InChI is InChI=1S/C17H26N2/c1-13(2)7-9-19-10-8-16-6-5-15(11-17(16)19)12-18-14(3)4/h5-6,8,10-11,13-14,18H,7,9,12H2,1-4H3. The molecule has 2 aromatic rings. The number of hydrogen-bond acceptors (Lipinski definition) is 1. The molecule has 1 aromatic heterocycles. The average Bonchev–Trinajstić information content (AvgIpc) is 2.76. The average molecular weight is 258 g/mol. The third kappa shape index (κ3) is 3.84. The number of hydrogen-bond donors (Lipinski definition) is 1. The molecule has 0 spiro atoms. The summed E-state index contributed by atoms with van der Waals surface area (Å²) in [4.78, 5) is 0. The Morgan fingerprint density at radius 1 is 1.11 bits per heavy atom. The molecular weight excluding hydrogens is 232 g/mol. The Labute approximate surface area is 116 Å². The van der Waals surface area contributed by atoms with Crippen molar-refractivity contribution in [3.05, 3.63) is 36.0 Å². The fourth-order valence-corrected chi connectivity index (χ4v) is 2.25. The van der Waals surface area contributed by atoms with Crippen LogP contribution in [0.4, 0.5) is 0 Å². The van der Waals surface area contributed by atoms with Crippen LogP contribution in [0.25, 0.3) is 10.9 Å². The smallest absolute Gasteiger partial charge is 0.0483 e. The molecule has 0 aliphatic heterocycles. The minimum atomic E-state index is 0.531. The monoisotopic (exact) mass is 258 g/mol. The van der Waals surface area contributed by atoms with Crippen LogP contribution in [0.1, 0.15) is 39.7 Å².